The fourth-order valence-corrected chi connectivity index (χ4v) is 4.77. The van der Waals surface area contributed by atoms with Gasteiger partial charge in [0.1, 0.15) is 0 Å². The Morgan fingerprint density at radius 1 is 1.15 bits per heavy atom. The Labute approximate surface area is 155 Å². The van der Waals surface area contributed by atoms with Crippen LogP contribution < -0.4 is 5.32 Å². The maximum Gasteiger partial charge on any atom is 0.251 e. The van der Waals surface area contributed by atoms with Crippen molar-refractivity contribution in [2.75, 3.05) is 32.7 Å². The van der Waals surface area contributed by atoms with E-state index in [0.29, 0.717) is 18.7 Å². The van der Waals surface area contributed by atoms with E-state index in [1.54, 1.807) is 37.8 Å². The summed E-state index contributed by atoms with van der Waals surface area (Å²) in [6.07, 6.45) is 1.98. The summed E-state index contributed by atoms with van der Waals surface area (Å²) in [5, 5.41) is 2.59. The average Bonchev–Trinajstić information content (AvgIpc) is 3.15. The molecule has 1 N–H and O–H groups in total. The molecule has 1 heterocycles. The highest BCUT2D eigenvalue weighted by molar-refractivity contribution is 7.89. The SMILES string of the molecule is CCN(CC)S(=O)(=O)c1cc(C(=O)NCC(=O)N2CCCC2)ccc1C. The van der Waals surface area contributed by atoms with Gasteiger partial charge in [0, 0.05) is 31.7 Å². The van der Waals surface area contributed by atoms with Gasteiger partial charge in [0.2, 0.25) is 15.9 Å². The first-order valence-electron chi connectivity index (χ1n) is 8.98. The monoisotopic (exact) mass is 381 g/mol. The van der Waals surface area contributed by atoms with Crippen LogP contribution in [0.25, 0.3) is 0 Å². The number of hydrogen-bond acceptors (Lipinski definition) is 4. The molecule has 7 nitrogen and oxygen atoms in total. The van der Waals surface area contributed by atoms with E-state index in [2.05, 4.69) is 5.32 Å². The standard InChI is InChI=1S/C18H27N3O4S/c1-4-21(5-2)26(24,25)16-12-15(9-8-14(16)3)18(23)19-13-17(22)20-10-6-7-11-20/h8-9,12H,4-7,10-11,13H2,1-3H3,(H,19,23). The number of aryl methyl sites for hydroxylation is 1. The van der Waals surface area contributed by atoms with Crippen LogP contribution in [0.3, 0.4) is 0 Å². The minimum Gasteiger partial charge on any atom is -0.343 e. The molecule has 8 heteroatoms. The molecule has 2 amide bonds. The molecule has 0 unspecified atom stereocenters. The third-order valence-corrected chi connectivity index (χ3v) is 6.82. The molecule has 1 fully saturated rings. The molecule has 0 aliphatic carbocycles. The molecule has 0 atom stereocenters. The van der Waals surface area contributed by atoms with Gasteiger partial charge in [0.25, 0.3) is 5.91 Å². The van der Waals surface area contributed by atoms with Crippen LogP contribution in [-0.2, 0) is 14.8 Å². The van der Waals surface area contributed by atoms with E-state index in [4.69, 9.17) is 0 Å². The number of amides is 2. The van der Waals surface area contributed by atoms with E-state index >= 15 is 0 Å². The van der Waals surface area contributed by atoms with E-state index in [0.717, 1.165) is 25.9 Å². The van der Waals surface area contributed by atoms with Gasteiger partial charge < -0.3 is 10.2 Å². The third-order valence-electron chi connectivity index (χ3n) is 4.63. The summed E-state index contributed by atoms with van der Waals surface area (Å²) < 4.78 is 26.9. The number of nitrogens with zero attached hydrogens (tertiary/aromatic N) is 2. The summed E-state index contributed by atoms with van der Waals surface area (Å²) in [7, 11) is -3.65. The van der Waals surface area contributed by atoms with Crippen molar-refractivity contribution < 1.29 is 18.0 Å². The lowest BCUT2D eigenvalue weighted by molar-refractivity contribution is -0.129. The lowest BCUT2D eigenvalue weighted by Gasteiger charge is -2.20. The zero-order valence-corrected chi connectivity index (χ0v) is 16.4. The maximum atomic E-state index is 12.8. The number of nitrogens with one attached hydrogen (secondary N) is 1. The molecular weight excluding hydrogens is 354 g/mol. The van der Waals surface area contributed by atoms with Crippen molar-refractivity contribution in [3.63, 3.8) is 0 Å². The van der Waals surface area contributed by atoms with Crippen molar-refractivity contribution in [2.45, 2.75) is 38.5 Å². The first kappa shape index (κ1) is 20.4. The second kappa shape index (κ2) is 8.64. The van der Waals surface area contributed by atoms with Gasteiger partial charge in [-0.15, -0.1) is 0 Å². The second-order valence-electron chi connectivity index (χ2n) is 6.34. The zero-order valence-electron chi connectivity index (χ0n) is 15.6. The number of hydrogen-bond donors (Lipinski definition) is 1. The van der Waals surface area contributed by atoms with Crippen LogP contribution in [0.4, 0.5) is 0 Å². The first-order chi connectivity index (χ1) is 12.3. The van der Waals surface area contributed by atoms with Crippen molar-refractivity contribution in [1.29, 1.82) is 0 Å². The molecule has 0 radical (unpaired) electrons. The van der Waals surface area contributed by atoms with Crippen LogP contribution >= 0.6 is 0 Å². The molecule has 1 aliphatic heterocycles. The average molecular weight is 381 g/mol. The largest absolute Gasteiger partial charge is 0.343 e. The van der Waals surface area contributed by atoms with Gasteiger partial charge in [-0.05, 0) is 37.5 Å². The summed E-state index contributed by atoms with van der Waals surface area (Å²) in [5.74, 6) is -0.563. The van der Waals surface area contributed by atoms with Crippen LogP contribution in [0.5, 0.6) is 0 Å². The summed E-state index contributed by atoms with van der Waals surface area (Å²) in [4.78, 5) is 26.3. The van der Waals surface area contributed by atoms with Crippen molar-refractivity contribution in [1.82, 2.24) is 14.5 Å². The van der Waals surface area contributed by atoms with Crippen LogP contribution in [0.2, 0.25) is 0 Å². The number of carbonyl (C=O) groups is 2. The zero-order chi connectivity index (χ0) is 19.3. The Balaban J connectivity index is 2.15. The number of likely N-dealkylation sites (tertiary alicyclic amines) is 1. The van der Waals surface area contributed by atoms with Crippen LogP contribution in [-0.4, -0.2) is 62.2 Å². The number of sulfonamides is 1. The molecule has 1 aromatic carbocycles. The molecule has 144 valence electrons. The Hall–Kier alpha value is -1.93. The van der Waals surface area contributed by atoms with Crippen LogP contribution in [0.1, 0.15) is 42.6 Å². The third kappa shape index (κ3) is 4.42. The number of carbonyl (C=O) groups excluding carboxylic acids is 2. The van der Waals surface area contributed by atoms with E-state index in [9.17, 15) is 18.0 Å². The van der Waals surface area contributed by atoms with Gasteiger partial charge in [-0.1, -0.05) is 19.9 Å². The minimum atomic E-state index is -3.65. The molecule has 2 rings (SSSR count). The predicted octanol–water partition coefficient (Wildman–Crippen LogP) is 1.38. The second-order valence-corrected chi connectivity index (χ2v) is 8.25. The van der Waals surface area contributed by atoms with Crippen LogP contribution in [0.15, 0.2) is 23.1 Å². The Morgan fingerprint density at radius 2 is 1.77 bits per heavy atom. The summed E-state index contributed by atoms with van der Waals surface area (Å²) in [6, 6.07) is 4.58. The molecule has 0 bridgehead atoms. The molecule has 0 spiro atoms. The highest BCUT2D eigenvalue weighted by Crippen LogP contribution is 2.21. The van der Waals surface area contributed by atoms with Gasteiger partial charge in [-0.25, -0.2) is 8.42 Å². The summed E-state index contributed by atoms with van der Waals surface area (Å²) in [5.41, 5.74) is 0.817. The highest BCUT2D eigenvalue weighted by Gasteiger charge is 2.25. The molecule has 0 saturated carbocycles. The lowest BCUT2D eigenvalue weighted by atomic mass is 10.1. The van der Waals surface area contributed by atoms with Crippen molar-refractivity contribution in [2.24, 2.45) is 0 Å². The fraction of sp³-hybridized carbons (Fsp3) is 0.556. The van der Waals surface area contributed by atoms with Gasteiger partial charge in [-0.3, -0.25) is 9.59 Å². The van der Waals surface area contributed by atoms with Crippen molar-refractivity contribution in [3.05, 3.63) is 29.3 Å². The Morgan fingerprint density at radius 3 is 2.35 bits per heavy atom. The molecule has 1 saturated heterocycles. The molecule has 1 aromatic rings. The topological polar surface area (TPSA) is 86.8 Å². The molecule has 26 heavy (non-hydrogen) atoms. The molecular formula is C18H27N3O4S. The Bertz CT molecular complexity index is 767. The van der Waals surface area contributed by atoms with E-state index < -0.39 is 15.9 Å². The van der Waals surface area contributed by atoms with Crippen LogP contribution in [0, 0.1) is 6.92 Å². The number of rotatable bonds is 7. The maximum absolute atomic E-state index is 12.8. The fourth-order valence-electron chi connectivity index (χ4n) is 3.06. The van der Waals surface area contributed by atoms with E-state index in [-0.39, 0.29) is 22.9 Å². The van der Waals surface area contributed by atoms with Crippen molar-refractivity contribution >= 4 is 21.8 Å². The van der Waals surface area contributed by atoms with Gasteiger partial charge in [0.05, 0.1) is 11.4 Å². The van der Waals surface area contributed by atoms with Gasteiger partial charge in [0.15, 0.2) is 0 Å². The van der Waals surface area contributed by atoms with Crippen molar-refractivity contribution in [3.8, 4) is 0 Å². The smallest absolute Gasteiger partial charge is 0.251 e. The molecule has 1 aliphatic rings. The van der Waals surface area contributed by atoms with E-state index in [1.165, 1.54) is 10.4 Å². The quantitative estimate of drug-likeness (QED) is 0.773. The first-order valence-corrected chi connectivity index (χ1v) is 10.4. The normalized spacial score (nSPS) is 14.7. The summed E-state index contributed by atoms with van der Waals surface area (Å²) >= 11 is 0. The summed E-state index contributed by atoms with van der Waals surface area (Å²) in [6.45, 7) is 7.35. The number of benzene rings is 1. The Kier molecular flexibility index (Phi) is 6.77. The van der Waals surface area contributed by atoms with Gasteiger partial charge >= 0.3 is 0 Å². The van der Waals surface area contributed by atoms with Gasteiger partial charge in [-0.2, -0.15) is 4.31 Å². The molecule has 0 aromatic heterocycles. The highest BCUT2D eigenvalue weighted by atomic mass is 32.2. The minimum absolute atomic E-state index is 0.0785. The lowest BCUT2D eigenvalue weighted by Crippen LogP contribution is -2.38. The predicted molar refractivity (Wildman–Crippen MR) is 99.4 cm³/mol. The van der Waals surface area contributed by atoms with E-state index in [1.807, 2.05) is 0 Å².